The van der Waals surface area contributed by atoms with Crippen molar-refractivity contribution >= 4 is 47.4 Å². The van der Waals surface area contributed by atoms with Crippen LogP contribution in [0.1, 0.15) is 45.5 Å². The monoisotopic (exact) mass is 477 g/mol. The molecule has 1 atom stereocenters. The molecule has 11 nitrogen and oxygen atoms in total. The summed E-state index contributed by atoms with van der Waals surface area (Å²) in [6, 6.07) is 10.2. The molecular weight excluding hydrogens is 454 g/mol. The minimum atomic E-state index is -0.999. The Kier molecular flexibility index (Phi) is 6.86. The Balaban J connectivity index is 1.30. The molecule has 180 valence electrons. The lowest BCUT2D eigenvalue weighted by molar-refractivity contribution is -0.136. The number of nitrogens with one attached hydrogen (secondary N) is 4. The van der Waals surface area contributed by atoms with Crippen LogP contribution >= 0.6 is 0 Å². The molecule has 0 aromatic heterocycles. The molecule has 2 aromatic rings. The van der Waals surface area contributed by atoms with Crippen LogP contribution in [0.15, 0.2) is 42.5 Å². The van der Waals surface area contributed by atoms with E-state index in [1.54, 1.807) is 42.5 Å². The Bertz CT molecular complexity index is 1230. The average molecular weight is 477 g/mol. The topological polar surface area (TPSA) is 154 Å². The predicted octanol–water partition coefficient (Wildman–Crippen LogP) is 1.41. The maximum absolute atomic E-state index is 12.9. The van der Waals surface area contributed by atoms with Gasteiger partial charge in [-0.15, -0.1) is 0 Å². The van der Waals surface area contributed by atoms with Crippen molar-refractivity contribution in [3.63, 3.8) is 0 Å². The fourth-order valence-corrected chi connectivity index (χ4v) is 4.10. The molecule has 7 amide bonds. The molecule has 4 N–H and O–H groups in total. The van der Waals surface area contributed by atoms with Crippen LogP contribution < -0.4 is 21.3 Å². The van der Waals surface area contributed by atoms with Crippen molar-refractivity contribution in [1.82, 2.24) is 15.5 Å². The number of carbonyl (C=O) groups excluding carboxylic acids is 6. The van der Waals surface area contributed by atoms with Crippen LogP contribution in [0.5, 0.6) is 0 Å². The number of rotatable bonds is 8. The van der Waals surface area contributed by atoms with Crippen LogP contribution in [-0.2, 0) is 20.8 Å². The highest BCUT2D eigenvalue weighted by molar-refractivity contribution is 6.23. The first kappa shape index (κ1) is 23.6. The van der Waals surface area contributed by atoms with Crippen molar-refractivity contribution in [1.29, 1.82) is 0 Å². The number of carbonyl (C=O) groups is 6. The lowest BCUT2D eigenvalue weighted by Crippen LogP contribution is -2.54. The number of hydrogen-bond acceptors (Lipinski definition) is 6. The highest BCUT2D eigenvalue weighted by Crippen LogP contribution is 2.28. The number of hydrogen-bond donors (Lipinski definition) is 4. The van der Waals surface area contributed by atoms with Crippen molar-refractivity contribution in [2.75, 3.05) is 17.2 Å². The summed E-state index contributed by atoms with van der Waals surface area (Å²) in [4.78, 5) is 72.8. The number of nitrogens with zero attached hydrogens (tertiary/aromatic N) is 1. The van der Waals surface area contributed by atoms with Gasteiger partial charge in [-0.1, -0.05) is 12.1 Å². The van der Waals surface area contributed by atoms with Gasteiger partial charge in [0.1, 0.15) is 6.04 Å². The highest BCUT2D eigenvalue weighted by atomic mass is 16.2. The van der Waals surface area contributed by atoms with E-state index in [0.29, 0.717) is 37.2 Å². The first-order valence-electron chi connectivity index (χ1n) is 11.1. The Hall–Kier alpha value is -4.54. The van der Waals surface area contributed by atoms with Crippen LogP contribution in [0.3, 0.4) is 0 Å². The van der Waals surface area contributed by atoms with Crippen molar-refractivity contribution < 1.29 is 28.8 Å². The number of imide groups is 2. The van der Waals surface area contributed by atoms with Crippen LogP contribution in [0.4, 0.5) is 16.2 Å². The lowest BCUT2D eigenvalue weighted by atomic mass is 10.0. The second-order valence-electron chi connectivity index (χ2n) is 8.15. The molecule has 0 aliphatic carbocycles. The summed E-state index contributed by atoms with van der Waals surface area (Å²) in [5.41, 5.74) is 2.35. The number of amides is 7. The molecule has 2 aliphatic heterocycles. The molecule has 0 radical (unpaired) electrons. The zero-order valence-corrected chi connectivity index (χ0v) is 18.6. The van der Waals surface area contributed by atoms with Crippen molar-refractivity contribution in [2.24, 2.45) is 0 Å². The van der Waals surface area contributed by atoms with Gasteiger partial charge in [0.05, 0.1) is 11.1 Å². The molecule has 0 saturated carbocycles. The minimum Gasteiger partial charge on any atom is -0.338 e. The van der Waals surface area contributed by atoms with Gasteiger partial charge in [-0.3, -0.25) is 34.2 Å². The number of urea groups is 1. The first-order chi connectivity index (χ1) is 16.9. The lowest BCUT2D eigenvalue weighted by Gasteiger charge is -2.27. The van der Waals surface area contributed by atoms with E-state index < -0.39 is 35.7 Å². The van der Waals surface area contributed by atoms with E-state index in [4.69, 9.17) is 0 Å². The third-order valence-electron chi connectivity index (χ3n) is 5.78. The number of anilines is 2. The van der Waals surface area contributed by atoms with Gasteiger partial charge in [0.25, 0.3) is 11.8 Å². The van der Waals surface area contributed by atoms with E-state index in [1.807, 2.05) is 0 Å². The average Bonchev–Trinajstić information content (AvgIpc) is 3.07. The predicted molar refractivity (Wildman–Crippen MR) is 125 cm³/mol. The molecule has 11 heteroatoms. The van der Waals surface area contributed by atoms with E-state index in [2.05, 4.69) is 21.3 Å². The second-order valence-corrected chi connectivity index (χ2v) is 8.15. The van der Waals surface area contributed by atoms with Gasteiger partial charge in [-0.05, 0) is 55.2 Å². The molecular formula is C24H23N5O6. The van der Waals surface area contributed by atoms with Gasteiger partial charge in [-0.25, -0.2) is 4.79 Å². The molecule has 1 unspecified atom stereocenters. The van der Waals surface area contributed by atoms with Gasteiger partial charge in [0, 0.05) is 24.3 Å². The molecule has 1 saturated heterocycles. The van der Waals surface area contributed by atoms with E-state index in [9.17, 15) is 28.8 Å². The third kappa shape index (κ3) is 5.18. The van der Waals surface area contributed by atoms with E-state index in [1.165, 1.54) is 0 Å². The van der Waals surface area contributed by atoms with E-state index in [-0.39, 0.29) is 24.0 Å². The Morgan fingerprint density at radius 3 is 2.57 bits per heavy atom. The van der Waals surface area contributed by atoms with E-state index in [0.717, 1.165) is 10.5 Å². The van der Waals surface area contributed by atoms with Crippen molar-refractivity contribution in [2.45, 2.75) is 31.7 Å². The summed E-state index contributed by atoms with van der Waals surface area (Å²) in [5.74, 6) is -2.16. The zero-order valence-electron chi connectivity index (χ0n) is 18.6. The summed E-state index contributed by atoms with van der Waals surface area (Å²) in [7, 11) is 0. The van der Waals surface area contributed by atoms with Crippen molar-refractivity contribution in [3.8, 4) is 0 Å². The fraction of sp³-hybridized carbons (Fsp3) is 0.250. The Morgan fingerprint density at radius 1 is 1.03 bits per heavy atom. The number of piperidine rings is 1. The smallest absolute Gasteiger partial charge is 0.319 e. The van der Waals surface area contributed by atoms with Crippen LogP contribution in [0, 0.1) is 0 Å². The summed E-state index contributed by atoms with van der Waals surface area (Å²) >= 11 is 0. The minimum absolute atomic E-state index is 0.0662. The standard InChI is InChI=1S/C24H23N5O6/c30-13-26-15-4-1-5-16(12-15)27-24(35)25-10-2-3-14-6-7-17-18(11-14)23(34)29(22(17)33)19-8-9-20(31)28-21(19)32/h1,4-7,11-13,19H,2-3,8-10H2,(H,26,30)(H2,25,27,35)(H,28,31,32). The molecule has 0 bridgehead atoms. The van der Waals surface area contributed by atoms with Crippen LogP contribution in [0.2, 0.25) is 0 Å². The summed E-state index contributed by atoms with van der Waals surface area (Å²) in [6.45, 7) is 0.366. The maximum Gasteiger partial charge on any atom is 0.319 e. The molecule has 4 rings (SSSR count). The van der Waals surface area contributed by atoms with Gasteiger partial charge in [0.2, 0.25) is 18.2 Å². The highest BCUT2D eigenvalue weighted by Gasteiger charge is 2.44. The summed E-state index contributed by atoms with van der Waals surface area (Å²) in [6.07, 6.45) is 1.85. The van der Waals surface area contributed by atoms with Gasteiger partial charge in [0.15, 0.2) is 0 Å². The summed E-state index contributed by atoms with van der Waals surface area (Å²) < 4.78 is 0. The maximum atomic E-state index is 12.9. The number of aryl methyl sites for hydroxylation is 1. The second kappa shape index (κ2) is 10.2. The SMILES string of the molecule is O=CNc1cccc(NC(=O)NCCCc2ccc3c(c2)C(=O)N(C2CCC(=O)NC2=O)C3=O)c1. The fourth-order valence-electron chi connectivity index (χ4n) is 4.10. The molecule has 0 spiro atoms. The van der Waals surface area contributed by atoms with Crippen LogP contribution in [0.25, 0.3) is 0 Å². The first-order valence-corrected chi connectivity index (χ1v) is 11.1. The van der Waals surface area contributed by atoms with Gasteiger partial charge in [-0.2, -0.15) is 0 Å². The molecule has 2 aliphatic rings. The van der Waals surface area contributed by atoms with Gasteiger partial charge < -0.3 is 16.0 Å². The Labute approximate surface area is 200 Å². The van der Waals surface area contributed by atoms with E-state index >= 15 is 0 Å². The third-order valence-corrected chi connectivity index (χ3v) is 5.78. The largest absolute Gasteiger partial charge is 0.338 e. The van der Waals surface area contributed by atoms with Crippen LogP contribution in [-0.4, -0.2) is 53.6 Å². The van der Waals surface area contributed by atoms with Crippen molar-refractivity contribution in [3.05, 3.63) is 59.2 Å². The molecule has 2 heterocycles. The summed E-state index contributed by atoms with van der Waals surface area (Å²) in [5, 5.41) is 10.1. The number of fused-ring (bicyclic) bond motifs is 1. The van der Waals surface area contributed by atoms with Gasteiger partial charge >= 0.3 is 6.03 Å². The molecule has 2 aromatic carbocycles. The quantitative estimate of drug-likeness (QED) is 0.256. The Morgan fingerprint density at radius 2 is 1.80 bits per heavy atom. The molecule has 35 heavy (non-hydrogen) atoms. The molecule has 1 fully saturated rings. The zero-order chi connectivity index (χ0) is 24.9. The normalized spacial score (nSPS) is 17.0. The number of benzene rings is 2.